The van der Waals surface area contributed by atoms with Crippen LogP contribution in [0.4, 0.5) is 0 Å². The van der Waals surface area contributed by atoms with Gasteiger partial charge in [-0.05, 0) is 32.4 Å². The van der Waals surface area contributed by atoms with Crippen LogP contribution in [-0.4, -0.2) is 24.2 Å². The van der Waals surface area contributed by atoms with Crippen LogP contribution in [-0.2, 0) is 6.42 Å². The molecule has 1 N–H and O–H groups in total. The van der Waals surface area contributed by atoms with Gasteiger partial charge in [-0.1, -0.05) is 29.8 Å². The standard InChI is InChI=1S/C16H20N2O3/c1-4-14-15(12(3)21-18-14)16(19)17-9-10-20-13-7-5-11(2)6-8-13/h5-8H,4,9-10H2,1-3H3,(H,17,19). The molecule has 0 aliphatic rings. The van der Waals surface area contributed by atoms with Gasteiger partial charge < -0.3 is 14.6 Å². The van der Waals surface area contributed by atoms with Gasteiger partial charge in [0, 0.05) is 0 Å². The fourth-order valence-electron chi connectivity index (χ4n) is 2.01. The Kier molecular flexibility index (Phi) is 4.98. The van der Waals surface area contributed by atoms with Crippen LogP contribution in [0.2, 0.25) is 0 Å². The third-order valence-electron chi connectivity index (χ3n) is 3.17. The molecule has 0 saturated carbocycles. The van der Waals surface area contributed by atoms with E-state index >= 15 is 0 Å². The van der Waals surface area contributed by atoms with Gasteiger partial charge in [0.2, 0.25) is 0 Å². The summed E-state index contributed by atoms with van der Waals surface area (Å²) in [6, 6.07) is 7.80. The number of aryl methyl sites for hydroxylation is 3. The van der Waals surface area contributed by atoms with E-state index in [9.17, 15) is 4.79 Å². The molecule has 5 nitrogen and oxygen atoms in total. The average molecular weight is 288 g/mol. The van der Waals surface area contributed by atoms with E-state index in [0.717, 1.165) is 5.75 Å². The Morgan fingerprint density at radius 1 is 1.29 bits per heavy atom. The quantitative estimate of drug-likeness (QED) is 0.830. The second-order valence-corrected chi connectivity index (χ2v) is 4.83. The van der Waals surface area contributed by atoms with Crippen LogP contribution in [0.5, 0.6) is 5.75 Å². The Labute approximate surface area is 124 Å². The normalized spacial score (nSPS) is 10.4. The first-order valence-electron chi connectivity index (χ1n) is 7.04. The molecule has 1 amide bonds. The van der Waals surface area contributed by atoms with Crippen LogP contribution in [0.1, 0.15) is 34.3 Å². The number of carbonyl (C=O) groups is 1. The Balaban J connectivity index is 1.82. The minimum atomic E-state index is -0.168. The molecular weight excluding hydrogens is 268 g/mol. The number of hydrogen-bond donors (Lipinski definition) is 1. The van der Waals surface area contributed by atoms with E-state index in [2.05, 4.69) is 10.5 Å². The minimum absolute atomic E-state index is 0.168. The van der Waals surface area contributed by atoms with E-state index < -0.39 is 0 Å². The third kappa shape index (κ3) is 3.84. The maximum absolute atomic E-state index is 12.1. The number of benzene rings is 1. The van der Waals surface area contributed by atoms with Crippen molar-refractivity contribution in [3.05, 3.63) is 46.8 Å². The smallest absolute Gasteiger partial charge is 0.256 e. The highest BCUT2D eigenvalue weighted by molar-refractivity contribution is 5.96. The number of nitrogens with zero attached hydrogens (tertiary/aromatic N) is 1. The second kappa shape index (κ2) is 6.92. The molecule has 1 aromatic carbocycles. The van der Waals surface area contributed by atoms with Gasteiger partial charge in [0.15, 0.2) is 0 Å². The summed E-state index contributed by atoms with van der Waals surface area (Å²) in [5.41, 5.74) is 2.41. The molecule has 0 atom stereocenters. The summed E-state index contributed by atoms with van der Waals surface area (Å²) < 4.78 is 10.6. The summed E-state index contributed by atoms with van der Waals surface area (Å²) in [6.45, 7) is 6.55. The summed E-state index contributed by atoms with van der Waals surface area (Å²) in [4.78, 5) is 12.1. The van der Waals surface area contributed by atoms with Crippen LogP contribution in [0.15, 0.2) is 28.8 Å². The van der Waals surface area contributed by atoms with Gasteiger partial charge in [-0.15, -0.1) is 0 Å². The highest BCUT2D eigenvalue weighted by Gasteiger charge is 2.18. The van der Waals surface area contributed by atoms with Crippen LogP contribution >= 0.6 is 0 Å². The fraction of sp³-hybridized carbons (Fsp3) is 0.375. The van der Waals surface area contributed by atoms with E-state index in [-0.39, 0.29) is 5.91 Å². The zero-order valence-corrected chi connectivity index (χ0v) is 12.6. The van der Waals surface area contributed by atoms with Gasteiger partial charge in [-0.3, -0.25) is 4.79 Å². The summed E-state index contributed by atoms with van der Waals surface area (Å²) >= 11 is 0. The molecule has 0 radical (unpaired) electrons. The van der Waals surface area contributed by atoms with Gasteiger partial charge in [-0.2, -0.15) is 0 Å². The number of nitrogens with one attached hydrogen (secondary N) is 1. The van der Waals surface area contributed by atoms with Crippen LogP contribution in [0.25, 0.3) is 0 Å². The van der Waals surface area contributed by atoms with Gasteiger partial charge >= 0.3 is 0 Å². The zero-order valence-electron chi connectivity index (χ0n) is 12.6. The number of ether oxygens (including phenoxy) is 1. The summed E-state index contributed by atoms with van der Waals surface area (Å²) in [5.74, 6) is 1.17. The SMILES string of the molecule is CCc1noc(C)c1C(=O)NCCOc1ccc(C)cc1. The van der Waals surface area contributed by atoms with Gasteiger partial charge in [-0.25, -0.2) is 0 Å². The first-order valence-corrected chi connectivity index (χ1v) is 7.04. The second-order valence-electron chi connectivity index (χ2n) is 4.83. The molecular formula is C16H20N2O3. The van der Waals surface area contributed by atoms with E-state index in [1.54, 1.807) is 6.92 Å². The lowest BCUT2D eigenvalue weighted by molar-refractivity contribution is 0.0944. The number of carbonyl (C=O) groups excluding carboxylic acids is 1. The Morgan fingerprint density at radius 3 is 2.67 bits per heavy atom. The summed E-state index contributed by atoms with van der Waals surface area (Å²) in [7, 11) is 0. The predicted octanol–water partition coefficient (Wildman–Crippen LogP) is 2.66. The molecule has 2 aromatic rings. The first-order chi connectivity index (χ1) is 10.1. The summed E-state index contributed by atoms with van der Waals surface area (Å²) in [6.07, 6.45) is 0.667. The lowest BCUT2D eigenvalue weighted by atomic mass is 10.1. The fourth-order valence-corrected chi connectivity index (χ4v) is 2.01. The molecule has 21 heavy (non-hydrogen) atoms. The molecule has 0 fully saturated rings. The maximum Gasteiger partial charge on any atom is 0.256 e. The minimum Gasteiger partial charge on any atom is -0.492 e. The molecule has 0 bridgehead atoms. The van der Waals surface area contributed by atoms with Gasteiger partial charge in [0.1, 0.15) is 23.7 Å². The van der Waals surface area contributed by atoms with E-state index in [0.29, 0.717) is 36.6 Å². The van der Waals surface area contributed by atoms with E-state index in [1.165, 1.54) is 5.56 Å². The number of amides is 1. The van der Waals surface area contributed by atoms with Crippen molar-refractivity contribution in [3.8, 4) is 5.75 Å². The maximum atomic E-state index is 12.1. The van der Waals surface area contributed by atoms with Crippen molar-refractivity contribution in [2.24, 2.45) is 0 Å². The molecule has 1 aromatic heterocycles. The van der Waals surface area contributed by atoms with Crippen LogP contribution in [0, 0.1) is 13.8 Å². The summed E-state index contributed by atoms with van der Waals surface area (Å²) in [5, 5.41) is 6.69. The van der Waals surface area contributed by atoms with E-state index in [4.69, 9.17) is 9.26 Å². The topological polar surface area (TPSA) is 64.4 Å². The first kappa shape index (κ1) is 15.1. The van der Waals surface area contributed by atoms with Crippen molar-refractivity contribution in [2.75, 3.05) is 13.2 Å². The predicted molar refractivity (Wildman–Crippen MR) is 79.6 cm³/mol. The molecule has 0 aliphatic carbocycles. The van der Waals surface area contributed by atoms with Crippen molar-refractivity contribution in [1.82, 2.24) is 10.5 Å². The van der Waals surface area contributed by atoms with Crippen molar-refractivity contribution in [2.45, 2.75) is 27.2 Å². The van der Waals surface area contributed by atoms with Crippen LogP contribution in [0.3, 0.4) is 0 Å². The molecule has 0 aliphatic heterocycles. The zero-order chi connectivity index (χ0) is 15.2. The lowest BCUT2D eigenvalue weighted by Gasteiger charge is -2.08. The van der Waals surface area contributed by atoms with Crippen molar-refractivity contribution >= 4 is 5.91 Å². The molecule has 5 heteroatoms. The Hall–Kier alpha value is -2.30. The van der Waals surface area contributed by atoms with Crippen molar-refractivity contribution in [3.63, 3.8) is 0 Å². The molecule has 0 unspecified atom stereocenters. The molecule has 0 spiro atoms. The Bertz CT molecular complexity index is 602. The third-order valence-corrected chi connectivity index (χ3v) is 3.17. The van der Waals surface area contributed by atoms with Crippen molar-refractivity contribution in [1.29, 1.82) is 0 Å². The lowest BCUT2D eigenvalue weighted by Crippen LogP contribution is -2.29. The van der Waals surface area contributed by atoms with E-state index in [1.807, 2.05) is 38.1 Å². The largest absolute Gasteiger partial charge is 0.492 e. The molecule has 2 rings (SSSR count). The van der Waals surface area contributed by atoms with Crippen molar-refractivity contribution < 1.29 is 14.1 Å². The number of rotatable bonds is 6. The van der Waals surface area contributed by atoms with Crippen LogP contribution < -0.4 is 10.1 Å². The van der Waals surface area contributed by atoms with Gasteiger partial charge in [0.05, 0.1) is 12.2 Å². The van der Waals surface area contributed by atoms with Gasteiger partial charge in [0.25, 0.3) is 5.91 Å². The highest BCUT2D eigenvalue weighted by Crippen LogP contribution is 2.14. The number of aromatic nitrogens is 1. The molecule has 0 saturated heterocycles. The number of hydrogen-bond acceptors (Lipinski definition) is 4. The average Bonchev–Trinajstić information content (AvgIpc) is 2.86. The Morgan fingerprint density at radius 2 is 2.00 bits per heavy atom. The molecule has 1 heterocycles. The monoisotopic (exact) mass is 288 g/mol. The molecule has 112 valence electrons. The highest BCUT2D eigenvalue weighted by atomic mass is 16.5.